The lowest BCUT2D eigenvalue weighted by Gasteiger charge is -2.39. The van der Waals surface area contributed by atoms with E-state index in [-0.39, 0.29) is 0 Å². The van der Waals surface area contributed by atoms with Gasteiger partial charge in [0.25, 0.3) is 0 Å². The van der Waals surface area contributed by atoms with Crippen molar-refractivity contribution >= 4 is 5.97 Å². The second-order valence-electron chi connectivity index (χ2n) is 6.24. The summed E-state index contributed by atoms with van der Waals surface area (Å²) in [6.45, 7) is 6.42. The number of carboxylic acid groups (broad SMARTS) is 1. The maximum atomic E-state index is 11.8. The molecular weight excluding hydrogens is 264 g/mol. The van der Waals surface area contributed by atoms with Crippen molar-refractivity contribution in [1.82, 2.24) is 9.88 Å². The van der Waals surface area contributed by atoms with E-state index in [1.165, 1.54) is 11.1 Å². The van der Waals surface area contributed by atoms with E-state index in [4.69, 9.17) is 0 Å². The Kier molecular flexibility index (Phi) is 5.12. The van der Waals surface area contributed by atoms with Gasteiger partial charge in [-0.25, -0.2) is 0 Å². The van der Waals surface area contributed by atoms with Crippen molar-refractivity contribution in [2.24, 2.45) is 5.41 Å². The predicted octanol–water partition coefficient (Wildman–Crippen LogP) is 3.10. The summed E-state index contributed by atoms with van der Waals surface area (Å²) >= 11 is 0. The molecule has 0 aromatic carbocycles. The summed E-state index contributed by atoms with van der Waals surface area (Å²) in [5.74, 6) is -0.667. The van der Waals surface area contributed by atoms with E-state index in [2.05, 4.69) is 16.0 Å². The van der Waals surface area contributed by atoms with E-state index in [0.717, 1.165) is 25.9 Å². The van der Waals surface area contributed by atoms with Crippen molar-refractivity contribution in [2.45, 2.75) is 39.7 Å². The number of aliphatic carboxylic acids is 1. The third-order valence-electron chi connectivity index (χ3n) is 4.17. The smallest absolute Gasteiger partial charge is 0.311 e. The van der Waals surface area contributed by atoms with Crippen LogP contribution in [0.1, 0.15) is 38.7 Å². The van der Waals surface area contributed by atoms with Crippen LogP contribution in [0.15, 0.2) is 36.2 Å². The Bertz CT molecular complexity index is 509. The Morgan fingerprint density at radius 2 is 2.14 bits per heavy atom. The van der Waals surface area contributed by atoms with Crippen molar-refractivity contribution in [3.05, 3.63) is 41.7 Å². The van der Waals surface area contributed by atoms with Crippen LogP contribution in [-0.2, 0) is 11.3 Å². The number of aromatic nitrogens is 1. The quantitative estimate of drug-likeness (QED) is 0.846. The maximum Gasteiger partial charge on any atom is 0.311 e. The van der Waals surface area contributed by atoms with Crippen LogP contribution in [0, 0.1) is 5.41 Å². The van der Waals surface area contributed by atoms with Gasteiger partial charge in [-0.15, -0.1) is 0 Å². The second-order valence-corrected chi connectivity index (χ2v) is 6.24. The van der Waals surface area contributed by atoms with Crippen LogP contribution in [0.4, 0.5) is 0 Å². The highest BCUT2D eigenvalue weighted by molar-refractivity contribution is 5.75. The van der Waals surface area contributed by atoms with Crippen LogP contribution in [0.25, 0.3) is 0 Å². The molecule has 2 heterocycles. The summed E-state index contributed by atoms with van der Waals surface area (Å²) in [5.41, 5.74) is 1.73. The van der Waals surface area contributed by atoms with Gasteiger partial charge in [0.2, 0.25) is 0 Å². The highest BCUT2D eigenvalue weighted by Crippen LogP contribution is 2.35. The highest BCUT2D eigenvalue weighted by atomic mass is 16.4. The topological polar surface area (TPSA) is 53.4 Å². The van der Waals surface area contributed by atoms with Gasteiger partial charge < -0.3 is 5.11 Å². The number of hydrogen-bond acceptors (Lipinski definition) is 3. The minimum Gasteiger partial charge on any atom is -0.481 e. The molecule has 1 N–H and O–H groups in total. The van der Waals surface area contributed by atoms with Crippen LogP contribution in [0.5, 0.6) is 0 Å². The number of piperidine rings is 1. The average Bonchev–Trinajstić information content (AvgIpc) is 2.46. The minimum atomic E-state index is -0.667. The lowest BCUT2D eigenvalue weighted by molar-refractivity contribution is -0.152. The Labute approximate surface area is 126 Å². The fourth-order valence-electron chi connectivity index (χ4n) is 2.94. The second kappa shape index (κ2) is 6.85. The fourth-order valence-corrected chi connectivity index (χ4v) is 2.94. The zero-order valence-corrected chi connectivity index (χ0v) is 12.9. The Hall–Kier alpha value is -1.68. The summed E-state index contributed by atoms with van der Waals surface area (Å²) in [6.07, 6.45) is 7.95. The molecule has 1 atom stereocenters. The molecule has 1 aromatic heterocycles. The molecule has 0 saturated carbocycles. The Balaban J connectivity index is 2.09. The first-order chi connectivity index (χ1) is 10.0. The molecule has 4 nitrogen and oxygen atoms in total. The fraction of sp³-hybridized carbons (Fsp3) is 0.529. The number of rotatable bonds is 5. The molecule has 21 heavy (non-hydrogen) atoms. The largest absolute Gasteiger partial charge is 0.481 e. The van der Waals surface area contributed by atoms with E-state index >= 15 is 0 Å². The van der Waals surface area contributed by atoms with Gasteiger partial charge >= 0.3 is 5.97 Å². The van der Waals surface area contributed by atoms with Crippen LogP contribution in [0.3, 0.4) is 0 Å². The monoisotopic (exact) mass is 288 g/mol. The van der Waals surface area contributed by atoms with Gasteiger partial charge in [-0.1, -0.05) is 11.6 Å². The molecule has 2 rings (SSSR count). The summed E-state index contributed by atoms with van der Waals surface area (Å²) in [5, 5.41) is 9.72. The first-order valence-corrected chi connectivity index (χ1v) is 7.50. The standard InChI is InChI=1S/C17H24N2O2/c1-14(2)4-8-17(16(20)21)7-3-11-19(13-17)12-15-5-9-18-10-6-15/h4-6,9-10H,3,7-8,11-13H2,1-2H3,(H,20,21). The number of pyridine rings is 1. The molecule has 0 radical (unpaired) electrons. The summed E-state index contributed by atoms with van der Waals surface area (Å²) in [7, 11) is 0. The number of likely N-dealkylation sites (tertiary alicyclic amines) is 1. The van der Waals surface area contributed by atoms with E-state index in [1.807, 2.05) is 26.0 Å². The summed E-state index contributed by atoms with van der Waals surface area (Å²) in [4.78, 5) is 18.1. The molecule has 1 aliphatic rings. The van der Waals surface area contributed by atoms with Gasteiger partial charge in [0.05, 0.1) is 5.41 Å². The molecule has 1 fully saturated rings. The molecule has 0 amide bonds. The van der Waals surface area contributed by atoms with Crippen LogP contribution < -0.4 is 0 Å². The summed E-state index contributed by atoms with van der Waals surface area (Å²) < 4.78 is 0. The number of allylic oxidation sites excluding steroid dienone is 2. The molecule has 0 aliphatic carbocycles. The third kappa shape index (κ3) is 4.14. The zero-order valence-electron chi connectivity index (χ0n) is 12.9. The van der Waals surface area contributed by atoms with Crippen molar-refractivity contribution < 1.29 is 9.90 Å². The molecule has 0 bridgehead atoms. The van der Waals surface area contributed by atoms with Gasteiger partial charge in [-0.2, -0.15) is 0 Å². The molecule has 4 heteroatoms. The number of carboxylic acids is 1. The molecule has 1 unspecified atom stereocenters. The Morgan fingerprint density at radius 3 is 2.76 bits per heavy atom. The van der Waals surface area contributed by atoms with Crippen molar-refractivity contribution in [1.29, 1.82) is 0 Å². The van der Waals surface area contributed by atoms with Gasteiger partial charge in [-0.3, -0.25) is 14.7 Å². The minimum absolute atomic E-state index is 0.619. The predicted molar refractivity (Wildman–Crippen MR) is 82.9 cm³/mol. The van der Waals surface area contributed by atoms with Crippen molar-refractivity contribution in [2.75, 3.05) is 13.1 Å². The highest BCUT2D eigenvalue weighted by Gasteiger charge is 2.41. The normalized spacial score (nSPS) is 22.8. The van der Waals surface area contributed by atoms with Gasteiger partial charge in [0.1, 0.15) is 0 Å². The van der Waals surface area contributed by atoms with Crippen LogP contribution in [0.2, 0.25) is 0 Å². The number of nitrogens with zero attached hydrogens (tertiary/aromatic N) is 2. The number of carbonyl (C=O) groups is 1. The molecule has 1 aliphatic heterocycles. The molecule has 1 aromatic rings. The summed E-state index contributed by atoms with van der Waals surface area (Å²) in [6, 6.07) is 3.99. The molecule has 114 valence electrons. The Morgan fingerprint density at radius 1 is 1.43 bits per heavy atom. The van der Waals surface area contributed by atoms with E-state index in [1.54, 1.807) is 12.4 Å². The first-order valence-electron chi connectivity index (χ1n) is 7.50. The lowest BCUT2D eigenvalue weighted by Crippen LogP contribution is -2.47. The lowest BCUT2D eigenvalue weighted by atomic mass is 9.76. The zero-order chi connectivity index (χ0) is 15.3. The van der Waals surface area contributed by atoms with E-state index in [0.29, 0.717) is 13.0 Å². The van der Waals surface area contributed by atoms with Crippen LogP contribution in [-0.4, -0.2) is 34.0 Å². The third-order valence-corrected chi connectivity index (χ3v) is 4.17. The van der Waals surface area contributed by atoms with Gasteiger partial charge in [0, 0.05) is 25.5 Å². The maximum absolute atomic E-state index is 11.8. The number of hydrogen-bond donors (Lipinski definition) is 1. The average molecular weight is 288 g/mol. The molecule has 1 saturated heterocycles. The first kappa shape index (κ1) is 15.7. The molecular formula is C17H24N2O2. The van der Waals surface area contributed by atoms with Gasteiger partial charge in [-0.05, 0) is 57.4 Å². The van der Waals surface area contributed by atoms with E-state index in [9.17, 15) is 9.90 Å². The van der Waals surface area contributed by atoms with Crippen molar-refractivity contribution in [3.8, 4) is 0 Å². The van der Waals surface area contributed by atoms with Crippen molar-refractivity contribution in [3.63, 3.8) is 0 Å². The van der Waals surface area contributed by atoms with Gasteiger partial charge in [0.15, 0.2) is 0 Å². The molecule has 0 spiro atoms. The SMILES string of the molecule is CC(C)=CCC1(C(=O)O)CCCN(Cc2ccncc2)C1. The van der Waals surface area contributed by atoms with E-state index < -0.39 is 11.4 Å². The van der Waals surface area contributed by atoms with Crippen LogP contribution >= 0.6 is 0 Å².